The quantitative estimate of drug-likeness (QED) is 0.819. The molecule has 3 rings (SSSR count). The Morgan fingerprint density at radius 3 is 2.75 bits per heavy atom. The first-order valence-corrected chi connectivity index (χ1v) is 6.29. The second kappa shape index (κ2) is 4.19. The van der Waals surface area contributed by atoms with Gasteiger partial charge < -0.3 is 5.11 Å². The van der Waals surface area contributed by atoms with Crippen LogP contribution in [0.25, 0.3) is 0 Å². The molecule has 1 saturated carbocycles. The van der Waals surface area contributed by atoms with Crippen LogP contribution in [0, 0.1) is 5.92 Å². The van der Waals surface area contributed by atoms with Crippen LogP contribution in [-0.2, 0) is 6.54 Å². The highest BCUT2D eigenvalue weighted by molar-refractivity contribution is 5.15. The van der Waals surface area contributed by atoms with Gasteiger partial charge in [-0.25, -0.2) is 0 Å². The summed E-state index contributed by atoms with van der Waals surface area (Å²) in [5.41, 5.74) is 1.39. The Hall–Kier alpha value is -0.860. The van der Waals surface area contributed by atoms with Gasteiger partial charge in [0.25, 0.3) is 0 Å². The lowest BCUT2D eigenvalue weighted by atomic mass is 9.88. The van der Waals surface area contributed by atoms with Gasteiger partial charge in [0.2, 0.25) is 0 Å². The third kappa shape index (κ3) is 1.87. The molecular weight excluding hydrogens is 198 g/mol. The molecule has 3 atom stereocenters. The first-order chi connectivity index (χ1) is 7.83. The van der Waals surface area contributed by atoms with Gasteiger partial charge >= 0.3 is 0 Å². The molecular formula is C14H19NO. The minimum Gasteiger partial charge on any atom is -0.393 e. The van der Waals surface area contributed by atoms with Crippen LogP contribution >= 0.6 is 0 Å². The smallest absolute Gasteiger partial charge is 0.0581 e. The second-order valence-corrected chi connectivity index (χ2v) is 5.21. The number of likely N-dealkylation sites (tertiary alicyclic amines) is 1. The maximum Gasteiger partial charge on any atom is 0.0581 e. The average Bonchev–Trinajstić information content (AvgIpc) is 2.65. The fourth-order valence-corrected chi connectivity index (χ4v) is 3.21. The number of fused-ring (bicyclic) bond motifs is 2. The SMILES string of the molecule is O[C@H]1CC[C@H]2C[C@@H]1CN2Cc1ccccc1. The Morgan fingerprint density at radius 2 is 2.00 bits per heavy atom. The molecule has 0 unspecified atom stereocenters. The van der Waals surface area contributed by atoms with Crippen LogP contribution in [0.1, 0.15) is 24.8 Å². The first-order valence-electron chi connectivity index (χ1n) is 6.29. The van der Waals surface area contributed by atoms with Crippen molar-refractivity contribution in [2.45, 2.75) is 38.0 Å². The van der Waals surface area contributed by atoms with Crippen LogP contribution in [0.3, 0.4) is 0 Å². The molecule has 86 valence electrons. The molecule has 2 nitrogen and oxygen atoms in total. The number of benzene rings is 1. The van der Waals surface area contributed by atoms with E-state index in [0.29, 0.717) is 12.0 Å². The Kier molecular flexibility index (Phi) is 2.70. The molecule has 0 spiro atoms. The number of hydrogen-bond acceptors (Lipinski definition) is 2. The monoisotopic (exact) mass is 217 g/mol. The highest BCUT2D eigenvalue weighted by Gasteiger charge is 2.39. The van der Waals surface area contributed by atoms with Crippen molar-refractivity contribution < 1.29 is 5.11 Å². The number of nitrogens with zero attached hydrogens (tertiary/aromatic N) is 1. The van der Waals surface area contributed by atoms with E-state index >= 15 is 0 Å². The van der Waals surface area contributed by atoms with Gasteiger partial charge in [-0.3, -0.25) is 4.90 Å². The molecule has 16 heavy (non-hydrogen) atoms. The van der Waals surface area contributed by atoms with Gasteiger partial charge in [0.05, 0.1) is 6.10 Å². The standard InChI is InChI=1S/C14H19NO/c16-14-7-6-13-8-12(14)10-15(13)9-11-4-2-1-3-5-11/h1-5,12-14,16H,6-10H2/t12-,13+,14+/m1/s1. The summed E-state index contributed by atoms with van der Waals surface area (Å²) >= 11 is 0. The largest absolute Gasteiger partial charge is 0.393 e. The molecule has 1 aliphatic heterocycles. The molecule has 0 aromatic heterocycles. The molecule has 2 fully saturated rings. The molecule has 1 aromatic rings. The van der Waals surface area contributed by atoms with E-state index in [4.69, 9.17) is 0 Å². The zero-order chi connectivity index (χ0) is 11.0. The summed E-state index contributed by atoms with van der Waals surface area (Å²) < 4.78 is 0. The average molecular weight is 217 g/mol. The first kappa shape index (κ1) is 10.3. The summed E-state index contributed by atoms with van der Waals surface area (Å²) in [4.78, 5) is 2.55. The van der Waals surface area contributed by atoms with Crippen LogP contribution in [0.5, 0.6) is 0 Å². The van der Waals surface area contributed by atoms with Crippen molar-refractivity contribution in [3.8, 4) is 0 Å². The van der Waals surface area contributed by atoms with Gasteiger partial charge in [-0.2, -0.15) is 0 Å². The van der Waals surface area contributed by atoms with Crippen molar-refractivity contribution in [2.75, 3.05) is 6.54 Å². The normalized spacial score (nSPS) is 34.2. The predicted molar refractivity (Wildman–Crippen MR) is 64.0 cm³/mol. The summed E-state index contributed by atoms with van der Waals surface area (Å²) in [5.74, 6) is 0.530. The van der Waals surface area contributed by atoms with Crippen LogP contribution in [0.2, 0.25) is 0 Å². The summed E-state index contributed by atoms with van der Waals surface area (Å²) in [7, 11) is 0. The molecule has 0 amide bonds. The highest BCUT2D eigenvalue weighted by atomic mass is 16.3. The predicted octanol–water partition coefficient (Wildman–Crippen LogP) is 2.03. The minimum atomic E-state index is -0.0444. The van der Waals surface area contributed by atoms with E-state index < -0.39 is 0 Å². The van der Waals surface area contributed by atoms with Crippen molar-refractivity contribution >= 4 is 0 Å². The molecule has 1 aromatic carbocycles. The van der Waals surface area contributed by atoms with E-state index in [1.807, 2.05) is 0 Å². The lowest BCUT2D eigenvalue weighted by molar-refractivity contribution is 0.0893. The van der Waals surface area contributed by atoms with E-state index in [0.717, 1.165) is 19.5 Å². The molecule has 2 bridgehead atoms. The summed E-state index contributed by atoms with van der Waals surface area (Å²) in [6, 6.07) is 11.4. The number of aliphatic hydroxyl groups is 1. The van der Waals surface area contributed by atoms with Crippen molar-refractivity contribution in [1.29, 1.82) is 0 Å². The van der Waals surface area contributed by atoms with E-state index in [1.54, 1.807) is 0 Å². The number of aliphatic hydroxyl groups excluding tert-OH is 1. The zero-order valence-electron chi connectivity index (χ0n) is 9.55. The van der Waals surface area contributed by atoms with Gasteiger partial charge in [0, 0.05) is 19.1 Å². The van der Waals surface area contributed by atoms with Gasteiger partial charge in [-0.15, -0.1) is 0 Å². The molecule has 2 heteroatoms. The summed E-state index contributed by atoms with van der Waals surface area (Å²) in [6.45, 7) is 2.13. The lowest BCUT2D eigenvalue weighted by Crippen LogP contribution is -2.29. The van der Waals surface area contributed by atoms with Gasteiger partial charge in [-0.05, 0) is 30.7 Å². The van der Waals surface area contributed by atoms with Gasteiger partial charge in [-0.1, -0.05) is 30.3 Å². The van der Waals surface area contributed by atoms with Crippen molar-refractivity contribution in [3.63, 3.8) is 0 Å². The lowest BCUT2D eigenvalue weighted by Gasteiger charge is -2.26. The van der Waals surface area contributed by atoms with Crippen LogP contribution in [0.4, 0.5) is 0 Å². The molecule has 1 N–H and O–H groups in total. The highest BCUT2D eigenvalue weighted by Crippen LogP contribution is 2.36. The van der Waals surface area contributed by atoms with E-state index in [-0.39, 0.29) is 6.10 Å². The van der Waals surface area contributed by atoms with Crippen LogP contribution in [0.15, 0.2) is 30.3 Å². The molecule has 0 radical (unpaired) electrons. The van der Waals surface area contributed by atoms with E-state index in [1.165, 1.54) is 18.4 Å². The van der Waals surface area contributed by atoms with Crippen molar-refractivity contribution in [1.82, 2.24) is 4.90 Å². The summed E-state index contributed by atoms with van der Waals surface area (Å²) in [5, 5.41) is 9.85. The summed E-state index contributed by atoms with van der Waals surface area (Å²) in [6.07, 6.45) is 3.33. The topological polar surface area (TPSA) is 23.5 Å². The zero-order valence-corrected chi connectivity index (χ0v) is 9.55. The van der Waals surface area contributed by atoms with Gasteiger partial charge in [0.1, 0.15) is 0 Å². The molecule has 1 saturated heterocycles. The van der Waals surface area contributed by atoms with E-state index in [9.17, 15) is 5.11 Å². The van der Waals surface area contributed by atoms with Crippen molar-refractivity contribution in [2.24, 2.45) is 5.92 Å². The molecule has 1 heterocycles. The second-order valence-electron chi connectivity index (χ2n) is 5.21. The third-order valence-corrected chi connectivity index (χ3v) is 4.13. The van der Waals surface area contributed by atoms with Crippen LogP contribution < -0.4 is 0 Å². The minimum absolute atomic E-state index is 0.0444. The Bertz CT molecular complexity index is 351. The Morgan fingerprint density at radius 1 is 1.19 bits per heavy atom. The molecule has 2 aliphatic rings. The Labute approximate surface area is 96.9 Å². The number of rotatable bonds is 2. The number of hydrogen-bond donors (Lipinski definition) is 1. The third-order valence-electron chi connectivity index (χ3n) is 4.13. The maximum atomic E-state index is 9.85. The Balaban J connectivity index is 1.69. The van der Waals surface area contributed by atoms with Crippen LogP contribution in [-0.4, -0.2) is 28.7 Å². The van der Waals surface area contributed by atoms with Gasteiger partial charge in [0.15, 0.2) is 0 Å². The van der Waals surface area contributed by atoms with Crippen molar-refractivity contribution in [3.05, 3.63) is 35.9 Å². The molecule has 1 aliphatic carbocycles. The van der Waals surface area contributed by atoms with E-state index in [2.05, 4.69) is 35.2 Å². The fraction of sp³-hybridized carbons (Fsp3) is 0.571. The maximum absolute atomic E-state index is 9.85. The fourth-order valence-electron chi connectivity index (χ4n) is 3.21.